The van der Waals surface area contributed by atoms with Crippen LogP contribution in [0.2, 0.25) is 0 Å². The highest BCUT2D eigenvalue weighted by Gasteiger charge is 2.47. The number of halogens is 3. The number of amidine groups is 1. The Labute approximate surface area is 235 Å². The van der Waals surface area contributed by atoms with Crippen LogP contribution < -0.4 is 20.7 Å². The minimum atomic E-state index is -4.87. The molecule has 2 heterocycles. The number of aryl methyl sites for hydroxylation is 2. The lowest BCUT2D eigenvalue weighted by molar-refractivity contribution is -0.274. The summed E-state index contributed by atoms with van der Waals surface area (Å²) < 4.78 is 69.3. The summed E-state index contributed by atoms with van der Waals surface area (Å²) in [6.45, 7) is 3.54. The van der Waals surface area contributed by atoms with Crippen molar-refractivity contribution < 1.29 is 35.9 Å². The Morgan fingerprint density at radius 2 is 1.83 bits per heavy atom. The number of anilines is 1. The molecule has 0 atom stereocenters. The van der Waals surface area contributed by atoms with Gasteiger partial charge < -0.3 is 20.7 Å². The van der Waals surface area contributed by atoms with Crippen molar-refractivity contribution in [3.63, 3.8) is 0 Å². The lowest BCUT2D eigenvalue weighted by Gasteiger charge is -2.34. The first-order valence-electron chi connectivity index (χ1n) is 12.7. The van der Waals surface area contributed by atoms with Gasteiger partial charge in [0.2, 0.25) is 15.9 Å². The van der Waals surface area contributed by atoms with Crippen molar-refractivity contribution in [3.05, 3.63) is 64.1 Å². The third-order valence-electron chi connectivity index (χ3n) is 7.15. The van der Waals surface area contributed by atoms with Crippen LogP contribution in [0.15, 0.2) is 46.8 Å². The number of piperidine rings is 1. The van der Waals surface area contributed by atoms with Gasteiger partial charge in [0, 0.05) is 36.8 Å². The molecule has 10 nitrogen and oxygen atoms in total. The first kappa shape index (κ1) is 30.2. The van der Waals surface area contributed by atoms with E-state index in [1.807, 2.05) is 13.8 Å². The van der Waals surface area contributed by atoms with E-state index in [2.05, 4.69) is 15.0 Å². The number of hydrogen-bond acceptors (Lipinski definition) is 7. The van der Waals surface area contributed by atoms with E-state index in [-0.39, 0.29) is 49.8 Å². The van der Waals surface area contributed by atoms with Crippen LogP contribution >= 0.6 is 0 Å². The van der Waals surface area contributed by atoms with Crippen LogP contribution in [0, 0.1) is 13.8 Å². The largest absolute Gasteiger partial charge is 0.573 e. The molecule has 220 valence electrons. The summed E-state index contributed by atoms with van der Waals surface area (Å²) in [5, 5.41) is 3.73. The smallest absolute Gasteiger partial charge is 0.406 e. The van der Waals surface area contributed by atoms with E-state index in [0.29, 0.717) is 11.3 Å². The number of alkyl halides is 3. The number of carbonyl (C=O) groups excluding carboxylic acids is 2. The second-order valence-corrected chi connectivity index (χ2v) is 11.7. The highest BCUT2D eigenvalue weighted by molar-refractivity contribution is 7.92. The van der Waals surface area contributed by atoms with Gasteiger partial charge in [-0.25, -0.2) is 8.42 Å². The minimum Gasteiger partial charge on any atom is -0.406 e. The van der Waals surface area contributed by atoms with Crippen molar-refractivity contribution >= 4 is 39.4 Å². The molecule has 2 aliphatic rings. The van der Waals surface area contributed by atoms with E-state index in [1.165, 1.54) is 27.4 Å². The van der Waals surface area contributed by atoms with Gasteiger partial charge in [-0.05, 0) is 73.7 Å². The molecule has 0 radical (unpaired) electrons. The lowest BCUT2D eigenvalue weighted by Crippen LogP contribution is -2.50. The van der Waals surface area contributed by atoms with Crippen molar-refractivity contribution in [3.8, 4) is 5.75 Å². The number of benzene rings is 2. The summed E-state index contributed by atoms with van der Waals surface area (Å²) in [4.78, 5) is 30.7. The number of ether oxygens (including phenoxy) is 1. The van der Waals surface area contributed by atoms with Crippen LogP contribution in [0.4, 0.5) is 18.9 Å². The number of rotatable bonds is 7. The van der Waals surface area contributed by atoms with E-state index in [1.54, 1.807) is 19.2 Å². The van der Waals surface area contributed by atoms with Crippen LogP contribution in [-0.2, 0) is 19.6 Å². The van der Waals surface area contributed by atoms with Crippen molar-refractivity contribution in [1.82, 2.24) is 9.62 Å². The summed E-state index contributed by atoms with van der Waals surface area (Å²) >= 11 is 0. The molecule has 2 amide bonds. The lowest BCUT2D eigenvalue weighted by atomic mass is 9.89. The molecule has 2 aliphatic heterocycles. The monoisotopic (exact) mass is 593 g/mol. The van der Waals surface area contributed by atoms with Crippen LogP contribution in [0.3, 0.4) is 0 Å². The summed E-state index contributed by atoms with van der Waals surface area (Å²) in [7, 11) is -2.23. The third kappa shape index (κ3) is 6.60. The summed E-state index contributed by atoms with van der Waals surface area (Å²) in [5.41, 5.74) is 7.35. The summed E-state index contributed by atoms with van der Waals surface area (Å²) in [5.74, 6) is -1.04. The first-order chi connectivity index (χ1) is 19.1. The second kappa shape index (κ2) is 11.3. The normalized spacial score (nSPS) is 17.5. The number of aliphatic imine (C=N–C) groups is 1. The van der Waals surface area contributed by atoms with Gasteiger partial charge in [0.1, 0.15) is 17.1 Å². The molecular formula is C27H30F3N5O5S. The maximum Gasteiger partial charge on any atom is 0.573 e. The van der Waals surface area contributed by atoms with Gasteiger partial charge in [-0.3, -0.25) is 14.6 Å². The Balaban J connectivity index is 1.47. The van der Waals surface area contributed by atoms with E-state index in [9.17, 15) is 31.2 Å². The predicted octanol–water partition coefficient (Wildman–Crippen LogP) is 2.84. The van der Waals surface area contributed by atoms with Gasteiger partial charge >= 0.3 is 6.36 Å². The average Bonchev–Trinajstić information content (AvgIpc) is 3.21. The maximum absolute atomic E-state index is 13.1. The van der Waals surface area contributed by atoms with Gasteiger partial charge in [0.25, 0.3) is 5.91 Å². The molecule has 14 heteroatoms. The maximum atomic E-state index is 13.1. The highest BCUT2D eigenvalue weighted by Crippen LogP contribution is 2.33. The zero-order valence-electron chi connectivity index (χ0n) is 22.7. The number of hydrogen-bond donors (Lipinski definition) is 2. The standard InChI is InChI=1S/C27H30F3N5O5S/c1-17-13-20(34(3)23(36)16-31)14-18(2)22(17)7-12-41(38,39)35-10-8-26(9-11-35)25(37)32-24(33-26)19-5-4-6-21(15-19)40-27(28,29)30/h4-7,12-15H,8-11,16,31H2,1-3H3,(H,32,33,37). The van der Waals surface area contributed by atoms with E-state index < -0.39 is 33.6 Å². The van der Waals surface area contributed by atoms with Gasteiger partial charge in [-0.15, -0.1) is 13.2 Å². The van der Waals surface area contributed by atoms with Gasteiger partial charge in [-0.2, -0.15) is 4.31 Å². The number of sulfonamides is 1. The fraction of sp³-hybridized carbons (Fsp3) is 0.370. The number of carbonyl (C=O) groups is 2. The Bertz CT molecular complexity index is 1510. The molecule has 3 N–H and O–H groups in total. The van der Waals surface area contributed by atoms with Crippen LogP contribution in [0.25, 0.3) is 6.08 Å². The van der Waals surface area contributed by atoms with Gasteiger partial charge in [0.05, 0.1) is 6.54 Å². The molecule has 2 aromatic carbocycles. The SMILES string of the molecule is Cc1cc(N(C)C(=O)CN)cc(C)c1C=CS(=O)(=O)N1CCC2(CC1)N=C(c1cccc(OC(F)(F)F)c1)NC2=O. The van der Waals surface area contributed by atoms with Crippen molar-refractivity contribution in [2.75, 3.05) is 31.6 Å². The highest BCUT2D eigenvalue weighted by atomic mass is 32.2. The fourth-order valence-electron chi connectivity index (χ4n) is 4.87. The quantitative estimate of drug-likeness (QED) is 0.507. The number of likely N-dealkylation sites (N-methyl/N-ethyl adjacent to an activating group) is 1. The Kier molecular flexibility index (Phi) is 8.30. The molecule has 2 aromatic rings. The Hall–Kier alpha value is -3.75. The Morgan fingerprint density at radius 1 is 1.20 bits per heavy atom. The molecule has 0 aromatic heterocycles. The molecule has 1 saturated heterocycles. The fourth-order valence-corrected chi connectivity index (χ4v) is 6.04. The van der Waals surface area contributed by atoms with Crippen LogP contribution in [0.1, 0.15) is 35.1 Å². The minimum absolute atomic E-state index is 0.0248. The number of nitrogens with zero attached hydrogens (tertiary/aromatic N) is 3. The number of nitrogens with two attached hydrogens (primary N) is 1. The second-order valence-electron chi connectivity index (χ2n) is 9.92. The van der Waals surface area contributed by atoms with E-state index >= 15 is 0 Å². The molecule has 1 spiro atoms. The molecule has 0 unspecified atom stereocenters. The zero-order valence-corrected chi connectivity index (χ0v) is 23.5. The summed E-state index contributed by atoms with van der Waals surface area (Å²) in [6, 6.07) is 8.66. The molecule has 41 heavy (non-hydrogen) atoms. The molecule has 0 bridgehead atoms. The number of amides is 2. The topological polar surface area (TPSA) is 134 Å². The Morgan fingerprint density at radius 3 is 2.41 bits per heavy atom. The molecule has 1 fully saturated rings. The van der Waals surface area contributed by atoms with Gasteiger partial charge in [0.15, 0.2) is 0 Å². The zero-order chi connectivity index (χ0) is 30.2. The average molecular weight is 594 g/mol. The van der Waals surface area contributed by atoms with E-state index in [4.69, 9.17) is 5.73 Å². The molecular weight excluding hydrogens is 563 g/mol. The summed E-state index contributed by atoms with van der Waals surface area (Å²) in [6.07, 6.45) is -3.16. The molecule has 0 saturated carbocycles. The van der Waals surface area contributed by atoms with Gasteiger partial charge in [-0.1, -0.05) is 12.1 Å². The van der Waals surface area contributed by atoms with Crippen molar-refractivity contribution in [1.29, 1.82) is 0 Å². The third-order valence-corrected chi connectivity index (χ3v) is 8.72. The van der Waals surface area contributed by atoms with Crippen LogP contribution in [-0.4, -0.2) is 69.0 Å². The van der Waals surface area contributed by atoms with Crippen LogP contribution in [0.5, 0.6) is 5.75 Å². The molecule has 0 aliphatic carbocycles. The van der Waals surface area contributed by atoms with Crippen molar-refractivity contribution in [2.45, 2.75) is 38.6 Å². The molecule has 4 rings (SSSR count). The first-order valence-corrected chi connectivity index (χ1v) is 14.2. The van der Waals surface area contributed by atoms with Crippen molar-refractivity contribution in [2.24, 2.45) is 10.7 Å². The van der Waals surface area contributed by atoms with E-state index in [0.717, 1.165) is 28.7 Å². The predicted molar refractivity (Wildman–Crippen MR) is 148 cm³/mol. The number of nitrogens with one attached hydrogen (secondary N) is 1.